The van der Waals surface area contributed by atoms with Crippen molar-refractivity contribution in [3.8, 4) is 23.0 Å². The van der Waals surface area contributed by atoms with Crippen molar-refractivity contribution >= 4 is 21.9 Å². The van der Waals surface area contributed by atoms with Crippen LogP contribution in [-0.2, 0) is 25.1 Å². The van der Waals surface area contributed by atoms with Gasteiger partial charge >= 0.3 is 12.1 Å². The Hall–Kier alpha value is -4.03. The second-order valence-electron chi connectivity index (χ2n) is 8.76. The molecule has 3 rings (SSSR count). The van der Waals surface area contributed by atoms with Crippen LogP contribution in [0.2, 0.25) is 0 Å². The van der Waals surface area contributed by atoms with Crippen molar-refractivity contribution in [3.63, 3.8) is 0 Å². The van der Waals surface area contributed by atoms with Crippen LogP contribution in [0, 0.1) is 11.8 Å². The molecule has 36 heavy (non-hydrogen) atoms. The third-order valence-electron chi connectivity index (χ3n) is 4.89. The standard InChI is InChI=1S/C27H27NO7S/c1-27(2,3)35-26(30)28-15-8-11-23-22(19-14-16-34-17-19)13-12-20(24(23)25(29)33-4)18-36(31,32)21-9-6-5-7-10-21/h5-7,9-10,12-14,16-17H,15,18H2,1-4H3,(H,28,30). The summed E-state index contributed by atoms with van der Waals surface area (Å²) in [6.45, 7) is 5.17. The summed E-state index contributed by atoms with van der Waals surface area (Å²) in [7, 11) is -2.55. The van der Waals surface area contributed by atoms with Crippen LogP contribution < -0.4 is 5.32 Å². The zero-order chi connectivity index (χ0) is 26.3. The predicted octanol–water partition coefficient (Wildman–Crippen LogP) is 4.58. The summed E-state index contributed by atoms with van der Waals surface area (Å²) in [4.78, 5) is 25.0. The van der Waals surface area contributed by atoms with E-state index in [1.54, 1.807) is 57.2 Å². The number of carbonyl (C=O) groups excluding carboxylic acids is 2. The molecule has 0 atom stereocenters. The van der Waals surface area contributed by atoms with Gasteiger partial charge in [0.2, 0.25) is 0 Å². The first-order valence-electron chi connectivity index (χ1n) is 11.0. The summed E-state index contributed by atoms with van der Waals surface area (Å²) in [6.07, 6.45) is 2.33. The number of sulfone groups is 1. The largest absolute Gasteiger partial charge is 0.472 e. The molecular formula is C27H27NO7S. The third kappa shape index (κ3) is 6.77. The molecule has 188 valence electrons. The van der Waals surface area contributed by atoms with E-state index in [1.807, 2.05) is 0 Å². The lowest BCUT2D eigenvalue weighted by Crippen LogP contribution is -2.32. The lowest BCUT2D eigenvalue weighted by molar-refractivity contribution is 0.0533. The molecule has 3 aromatic rings. The van der Waals surface area contributed by atoms with Crippen LogP contribution in [0.25, 0.3) is 11.1 Å². The van der Waals surface area contributed by atoms with Crippen LogP contribution in [0.5, 0.6) is 0 Å². The average molecular weight is 510 g/mol. The smallest absolute Gasteiger partial charge is 0.408 e. The monoisotopic (exact) mass is 509 g/mol. The Balaban J connectivity index is 2.06. The Bertz CT molecular complexity index is 1390. The van der Waals surface area contributed by atoms with E-state index in [-0.39, 0.29) is 28.1 Å². The van der Waals surface area contributed by atoms with Gasteiger partial charge in [-0.25, -0.2) is 18.0 Å². The Morgan fingerprint density at radius 1 is 1.06 bits per heavy atom. The highest BCUT2D eigenvalue weighted by Gasteiger charge is 2.25. The summed E-state index contributed by atoms with van der Waals surface area (Å²) in [5.74, 6) is 4.56. The van der Waals surface area contributed by atoms with Crippen molar-refractivity contribution in [2.45, 2.75) is 37.0 Å². The van der Waals surface area contributed by atoms with Crippen LogP contribution in [0.15, 0.2) is 70.4 Å². The summed E-state index contributed by atoms with van der Waals surface area (Å²) in [5.41, 5.74) is 1.05. The minimum Gasteiger partial charge on any atom is -0.472 e. The summed E-state index contributed by atoms with van der Waals surface area (Å²) >= 11 is 0. The van der Waals surface area contributed by atoms with Gasteiger partial charge in [0.1, 0.15) is 5.60 Å². The van der Waals surface area contributed by atoms with E-state index in [4.69, 9.17) is 13.9 Å². The zero-order valence-corrected chi connectivity index (χ0v) is 21.3. The maximum atomic E-state index is 13.1. The van der Waals surface area contributed by atoms with Gasteiger partial charge in [0, 0.05) is 16.7 Å². The van der Waals surface area contributed by atoms with Crippen molar-refractivity contribution < 1.29 is 31.9 Å². The second-order valence-corrected chi connectivity index (χ2v) is 10.7. The fourth-order valence-corrected chi connectivity index (χ4v) is 4.76. The first-order valence-corrected chi connectivity index (χ1v) is 12.7. The van der Waals surface area contributed by atoms with Gasteiger partial charge in [0.15, 0.2) is 9.84 Å². The van der Waals surface area contributed by atoms with E-state index >= 15 is 0 Å². The van der Waals surface area contributed by atoms with Gasteiger partial charge in [-0.1, -0.05) is 42.2 Å². The molecule has 0 fully saturated rings. The maximum Gasteiger partial charge on any atom is 0.408 e. The molecule has 0 spiro atoms. The van der Waals surface area contributed by atoms with E-state index < -0.39 is 33.3 Å². The summed E-state index contributed by atoms with van der Waals surface area (Å²) in [5, 5.41) is 2.54. The second kappa shape index (κ2) is 11.1. The molecule has 0 saturated carbocycles. The number of esters is 1. The van der Waals surface area contributed by atoms with E-state index in [2.05, 4.69) is 17.2 Å². The zero-order valence-electron chi connectivity index (χ0n) is 20.5. The molecule has 0 saturated heterocycles. The van der Waals surface area contributed by atoms with E-state index in [0.717, 1.165) is 0 Å². The molecule has 0 bridgehead atoms. The Labute approximate surface area is 210 Å². The molecule has 1 N–H and O–H groups in total. The van der Waals surface area contributed by atoms with Gasteiger partial charge < -0.3 is 19.2 Å². The molecule has 9 heteroatoms. The number of hydrogen-bond acceptors (Lipinski definition) is 7. The van der Waals surface area contributed by atoms with E-state index in [1.165, 1.54) is 31.8 Å². The molecule has 1 aromatic heterocycles. The number of ether oxygens (including phenoxy) is 2. The maximum absolute atomic E-state index is 13.1. The number of methoxy groups -OCH3 is 1. The molecular weight excluding hydrogens is 482 g/mol. The van der Waals surface area contributed by atoms with Crippen molar-refractivity contribution in [1.29, 1.82) is 0 Å². The fraction of sp³-hybridized carbons (Fsp3) is 0.259. The highest BCUT2D eigenvalue weighted by molar-refractivity contribution is 7.90. The molecule has 0 radical (unpaired) electrons. The topological polar surface area (TPSA) is 112 Å². The van der Waals surface area contributed by atoms with E-state index in [0.29, 0.717) is 11.1 Å². The third-order valence-corrected chi connectivity index (χ3v) is 6.58. The van der Waals surface area contributed by atoms with Gasteiger partial charge in [-0.05, 0) is 44.5 Å². The average Bonchev–Trinajstić information content (AvgIpc) is 3.35. The van der Waals surface area contributed by atoms with Crippen LogP contribution in [-0.4, -0.2) is 39.7 Å². The predicted molar refractivity (Wildman–Crippen MR) is 134 cm³/mol. The first-order chi connectivity index (χ1) is 17.0. The van der Waals surface area contributed by atoms with Gasteiger partial charge in [-0.3, -0.25) is 0 Å². The van der Waals surface area contributed by atoms with Gasteiger partial charge in [0.05, 0.1) is 42.4 Å². The molecule has 1 amide bonds. The first kappa shape index (κ1) is 26.6. The number of rotatable bonds is 6. The number of hydrogen-bond donors (Lipinski definition) is 1. The number of nitrogens with one attached hydrogen (secondary N) is 1. The lowest BCUT2D eigenvalue weighted by Gasteiger charge is -2.19. The number of carbonyl (C=O) groups is 2. The number of amides is 1. The van der Waals surface area contributed by atoms with Gasteiger partial charge in [-0.2, -0.15) is 0 Å². The molecule has 1 heterocycles. The van der Waals surface area contributed by atoms with Crippen LogP contribution in [0.1, 0.15) is 42.3 Å². The van der Waals surface area contributed by atoms with Gasteiger partial charge in [-0.15, -0.1) is 0 Å². The normalized spacial score (nSPS) is 11.2. The highest BCUT2D eigenvalue weighted by atomic mass is 32.2. The Morgan fingerprint density at radius 2 is 1.78 bits per heavy atom. The van der Waals surface area contributed by atoms with Crippen molar-refractivity contribution in [2.75, 3.05) is 13.7 Å². The Kier molecular flexibility index (Phi) is 8.22. The summed E-state index contributed by atoms with van der Waals surface area (Å²) in [6, 6.07) is 12.9. The number of alkyl carbamates (subject to hydrolysis) is 1. The summed E-state index contributed by atoms with van der Waals surface area (Å²) < 4.78 is 41.5. The molecule has 0 aliphatic carbocycles. The molecule has 0 aliphatic heterocycles. The minimum atomic E-state index is -3.76. The Morgan fingerprint density at radius 3 is 2.39 bits per heavy atom. The molecule has 0 aliphatic rings. The van der Waals surface area contributed by atoms with Crippen LogP contribution in [0.4, 0.5) is 4.79 Å². The van der Waals surface area contributed by atoms with Crippen LogP contribution >= 0.6 is 0 Å². The van der Waals surface area contributed by atoms with Crippen molar-refractivity contribution in [3.05, 3.63) is 77.7 Å². The number of furan rings is 1. The highest BCUT2D eigenvalue weighted by Crippen LogP contribution is 2.31. The molecule has 8 nitrogen and oxygen atoms in total. The lowest BCUT2D eigenvalue weighted by atomic mass is 9.93. The van der Waals surface area contributed by atoms with Crippen molar-refractivity contribution in [1.82, 2.24) is 5.32 Å². The molecule has 0 unspecified atom stereocenters. The van der Waals surface area contributed by atoms with Crippen molar-refractivity contribution in [2.24, 2.45) is 0 Å². The van der Waals surface area contributed by atoms with Crippen LogP contribution in [0.3, 0.4) is 0 Å². The number of benzene rings is 2. The SMILES string of the molecule is COC(=O)c1c(CS(=O)(=O)c2ccccc2)ccc(-c2ccoc2)c1C#CCNC(=O)OC(C)(C)C. The van der Waals surface area contributed by atoms with E-state index in [9.17, 15) is 18.0 Å². The van der Waals surface area contributed by atoms with Gasteiger partial charge in [0.25, 0.3) is 0 Å². The molecule has 2 aromatic carbocycles. The minimum absolute atomic E-state index is 0.0282. The quantitative estimate of drug-likeness (QED) is 0.382. The fourth-order valence-electron chi connectivity index (χ4n) is 3.37.